The number of sulfonamides is 1. The Morgan fingerprint density at radius 1 is 1.22 bits per heavy atom. The van der Waals surface area contributed by atoms with Gasteiger partial charge in [-0.25, -0.2) is 17.8 Å². The van der Waals surface area contributed by atoms with Gasteiger partial charge in [-0.1, -0.05) is 6.92 Å². The molecular weight excluding hydrogens is 489 g/mol. The van der Waals surface area contributed by atoms with E-state index in [1.54, 1.807) is 20.8 Å². The first-order chi connectivity index (χ1) is 16.8. The highest BCUT2D eigenvalue weighted by Crippen LogP contribution is 2.34. The molecule has 1 aliphatic heterocycles. The van der Waals surface area contributed by atoms with Crippen molar-refractivity contribution in [3.8, 4) is 5.88 Å². The molecule has 1 amide bonds. The summed E-state index contributed by atoms with van der Waals surface area (Å²) in [6.07, 6.45) is 4.64. The average Bonchev–Trinajstić information content (AvgIpc) is 3.62. The Hall–Kier alpha value is -2.53. The van der Waals surface area contributed by atoms with Crippen LogP contribution in [-0.2, 0) is 24.3 Å². The smallest absolute Gasteiger partial charge is 0.306 e. The molecule has 3 rings (SSSR count). The van der Waals surface area contributed by atoms with Crippen LogP contribution in [0.1, 0.15) is 66.2 Å². The second-order valence-corrected chi connectivity index (χ2v) is 12.6. The molecule has 200 valence electrons. The lowest BCUT2D eigenvalue weighted by Gasteiger charge is -2.37. The van der Waals surface area contributed by atoms with Crippen LogP contribution < -0.4 is 10.1 Å². The summed E-state index contributed by atoms with van der Waals surface area (Å²) in [5, 5.41) is 3.02. The Morgan fingerprint density at radius 3 is 2.42 bits per heavy atom. The van der Waals surface area contributed by atoms with E-state index < -0.39 is 27.0 Å². The number of carbonyl (C=O) groups is 2. The number of nitrogens with zero attached hydrogens (tertiary/aromatic N) is 2. The van der Waals surface area contributed by atoms with Gasteiger partial charge in [0.1, 0.15) is 17.1 Å². The van der Waals surface area contributed by atoms with Crippen LogP contribution in [0.15, 0.2) is 35.1 Å². The van der Waals surface area contributed by atoms with Gasteiger partial charge in [-0.2, -0.15) is 4.31 Å². The second-order valence-electron chi connectivity index (χ2n) is 10.7. The lowest BCUT2D eigenvalue weighted by molar-refractivity contribution is -0.154. The van der Waals surface area contributed by atoms with E-state index in [4.69, 9.17) is 9.47 Å². The number of rotatable bonds is 10. The maximum absolute atomic E-state index is 13.2. The van der Waals surface area contributed by atoms with Crippen molar-refractivity contribution in [1.82, 2.24) is 14.6 Å². The standard InChI is InChI=1S/C25H36FN3O6S/c1-24(2,3)35-22(30)10-5-18(15-26)17-34-21-9-8-20(16-27-21)36(32,33)29-13-11-25(4,12-14-29)23(31)28-19-6-7-19/h8-9,15-16,19H,5-7,10-14,17H2,1-4H3,(H,28,31). The fourth-order valence-corrected chi connectivity index (χ4v) is 5.16. The van der Waals surface area contributed by atoms with Crippen LogP contribution in [0.25, 0.3) is 0 Å². The monoisotopic (exact) mass is 525 g/mol. The van der Waals surface area contributed by atoms with Crippen LogP contribution in [0, 0.1) is 5.41 Å². The molecule has 1 saturated heterocycles. The van der Waals surface area contributed by atoms with Crippen molar-refractivity contribution >= 4 is 21.9 Å². The summed E-state index contributed by atoms with van der Waals surface area (Å²) < 4.78 is 51.4. The zero-order chi connectivity index (χ0) is 26.6. The third-order valence-corrected chi connectivity index (χ3v) is 8.15. The van der Waals surface area contributed by atoms with E-state index in [-0.39, 0.29) is 60.8 Å². The molecule has 1 aromatic rings. The minimum Gasteiger partial charge on any atom is -0.473 e. The number of amides is 1. The molecule has 0 bridgehead atoms. The molecule has 2 aliphatic rings. The summed E-state index contributed by atoms with van der Waals surface area (Å²) in [7, 11) is -3.77. The molecule has 1 aliphatic carbocycles. The summed E-state index contributed by atoms with van der Waals surface area (Å²) in [6, 6.07) is 3.07. The van der Waals surface area contributed by atoms with Gasteiger partial charge in [-0.3, -0.25) is 9.59 Å². The van der Waals surface area contributed by atoms with Gasteiger partial charge >= 0.3 is 5.97 Å². The van der Waals surface area contributed by atoms with Crippen molar-refractivity contribution in [2.75, 3.05) is 19.7 Å². The van der Waals surface area contributed by atoms with E-state index in [0.717, 1.165) is 12.8 Å². The van der Waals surface area contributed by atoms with Crippen molar-refractivity contribution in [2.45, 2.75) is 82.8 Å². The third-order valence-electron chi connectivity index (χ3n) is 6.26. The number of hydrogen-bond donors (Lipinski definition) is 1. The van der Waals surface area contributed by atoms with Crippen LogP contribution in [0.3, 0.4) is 0 Å². The Balaban J connectivity index is 1.50. The number of aromatic nitrogens is 1. The number of esters is 1. The first-order valence-corrected chi connectivity index (χ1v) is 13.7. The first-order valence-electron chi connectivity index (χ1n) is 12.2. The zero-order valence-corrected chi connectivity index (χ0v) is 22.2. The number of piperidine rings is 1. The molecule has 1 N–H and O–H groups in total. The van der Waals surface area contributed by atoms with Crippen molar-refractivity contribution in [3.63, 3.8) is 0 Å². The predicted octanol–water partition coefficient (Wildman–Crippen LogP) is 3.51. The Bertz CT molecular complexity index is 1070. The molecule has 11 heteroatoms. The highest BCUT2D eigenvalue weighted by atomic mass is 32.2. The van der Waals surface area contributed by atoms with E-state index in [0.29, 0.717) is 19.2 Å². The summed E-state index contributed by atoms with van der Waals surface area (Å²) >= 11 is 0. The second kappa shape index (κ2) is 11.2. The number of carbonyl (C=O) groups excluding carboxylic acids is 2. The normalized spacial score (nSPS) is 19.0. The van der Waals surface area contributed by atoms with Crippen molar-refractivity contribution in [1.29, 1.82) is 0 Å². The minimum absolute atomic E-state index is 0.00184. The Morgan fingerprint density at radius 2 is 1.89 bits per heavy atom. The number of hydrogen-bond acceptors (Lipinski definition) is 7. The Labute approximate surface area is 212 Å². The molecule has 0 aromatic carbocycles. The van der Waals surface area contributed by atoms with E-state index >= 15 is 0 Å². The fraction of sp³-hybridized carbons (Fsp3) is 0.640. The van der Waals surface area contributed by atoms with Crippen LogP contribution >= 0.6 is 0 Å². The third kappa shape index (κ3) is 7.73. The van der Waals surface area contributed by atoms with Crippen molar-refractivity contribution in [2.24, 2.45) is 5.41 Å². The molecule has 1 aromatic heterocycles. The summed E-state index contributed by atoms with van der Waals surface area (Å²) in [6.45, 7) is 7.52. The quantitative estimate of drug-likeness (QED) is 0.465. The molecule has 1 saturated carbocycles. The van der Waals surface area contributed by atoms with Gasteiger partial charge in [0.05, 0.1) is 12.5 Å². The van der Waals surface area contributed by atoms with Crippen molar-refractivity contribution < 1.29 is 31.9 Å². The molecular formula is C25H36FN3O6S. The lowest BCUT2D eigenvalue weighted by atomic mass is 9.80. The van der Waals surface area contributed by atoms with E-state index in [1.165, 1.54) is 22.6 Å². The van der Waals surface area contributed by atoms with Crippen molar-refractivity contribution in [3.05, 3.63) is 30.2 Å². The summed E-state index contributed by atoms with van der Waals surface area (Å²) in [5.41, 5.74) is -0.936. The molecule has 0 radical (unpaired) electrons. The molecule has 0 unspecified atom stereocenters. The SMILES string of the molecule is CC(C)(C)OC(=O)CCC(=CF)COc1ccc(S(=O)(=O)N2CCC(C)(C(=O)NC3CC3)CC2)cn1. The zero-order valence-electron chi connectivity index (χ0n) is 21.4. The number of pyridine rings is 1. The van der Waals surface area contributed by atoms with Gasteiger partial charge in [0.25, 0.3) is 0 Å². The maximum Gasteiger partial charge on any atom is 0.306 e. The van der Waals surface area contributed by atoms with Gasteiger partial charge in [-0.15, -0.1) is 0 Å². The molecule has 36 heavy (non-hydrogen) atoms. The van der Waals surface area contributed by atoms with E-state index in [1.807, 2.05) is 6.92 Å². The highest BCUT2D eigenvalue weighted by Gasteiger charge is 2.41. The largest absolute Gasteiger partial charge is 0.473 e. The van der Waals surface area contributed by atoms with Gasteiger partial charge in [-0.05, 0) is 64.5 Å². The molecule has 2 fully saturated rings. The lowest BCUT2D eigenvalue weighted by Crippen LogP contribution is -2.49. The van der Waals surface area contributed by atoms with Gasteiger partial charge in [0.15, 0.2) is 0 Å². The predicted molar refractivity (Wildman–Crippen MR) is 131 cm³/mol. The molecule has 9 nitrogen and oxygen atoms in total. The number of nitrogens with one attached hydrogen (secondary N) is 1. The van der Waals surface area contributed by atoms with E-state index in [2.05, 4.69) is 10.3 Å². The maximum atomic E-state index is 13.2. The van der Waals surface area contributed by atoms with E-state index in [9.17, 15) is 22.4 Å². The van der Waals surface area contributed by atoms with Crippen LogP contribution in [0.4, 0.5) is 4.39 Å². The van der Waals surface area contributed by atoms with Gasteiger partial charge < -0.3 is 14.8 Å². The van der Waals surface area contributed by atoms with Gasteiger partial charge in [0, 0.05) is 37.0 Å². The van der Waals surface area contributed by atoms with Gasteiger partial charge in [0.2, 0.25) is 21.8 Å². The van der Waals surface area contributed by atoms with Crippen LogP contribution in [0.5, 0.6) is 5.88 Å². The highest BCUT2D eigenvalue weighted by molar-refractivity contribution is 7.89. The fourth-order valence-electron chi connectivity index (χ4n) is 3.77. The average molecular weight is 526 g/mol. The minimum atomic E-state index is -3.77. The van der Waals surface area contributed by atoms with Crippen LogP contribution in [-0.4, -0.2) is 60.9 Å². The topological polar surface area (TPSA) is 115 Å². The molecule has 0 spiro atoms. The summed E-state index contributed by atoms with van der Waals surface area (Å²) in [4.78, 5) is 28.4. The van der Waals surface area contributed by atoms with Crippen LogP contribution in [0.2, 0.25) is 0 Å². The number of halogens is 1. The Kier molecular flexibility index (Phi) is 8.76. The number of ether oxygens (including phenoxy) is 2. The molecule has 0 atom stereocenters. The first kappa shape index (κ1) is 28.0. The summed E-state index contributed by atoms with van der Waals surface area (Å²) in [5.74, 6) is -0.303. The molecule has 2 heterocycles.